The van der Waals surface area contributed by atoms with Crippen molar-refractivity contribution in [2.75, 3.05) is 0 Å². The van der Waals surface area contributed by atoms with Gasteiger partial charge >= 0.3 is 0 Å². The van der Waals surface area contributed by atoms with E-state index in [1.807, 2.05) is 0 Å². The van der Waals surface area contributed by atoms with E-state index >= 15 is 0 Å². The molecule has 2 rings (SSSR count). The van der Waals surface area contributed by atoms with E-state index in [2.05, 4.69) is 15.9 Å². The number of hydrogen-bond acceptors (Lipinski definition) is 2. The van der Waals surface area contributed by atoms with Crippen LogP contribution in [-0.4, -0.2) is 15.7 Å². The Morgan fingerprint density at radius 1 is 1.30 bits per heavy atom. The highest BCUT2D eigenvalue weighted by Gasteiger charge is 2.36. The average molecular weight is 348 g/mol. The van der Waals surface area contributed by atoms with Gasteiger partial charge in [0.2, 0.25) is 5.92 Å². The second kappa shape index (κ2) is 6.16. The van der Waals surface area contributed by atoms with Crippen molar-refractivity contribution in [1.29, 1.82) is 0 Å². The van der Waals surface area contributed by atoms with Crippen LogP contribution in [0, 0.1) is 16.0 Å². The van der Waals surface area contributed by atoms with Crippen molar-refractivity contribution in [1.82, 2.24) is 0 Å². The lowest BCUT2D eigenvalue weighted by Gasteiger charge is -2.31. The van der Waals surface area contributed by atoms with Gasteiger partial charge in [0.05, 0.1) is 4.92 Å². The minimum Gasteiger partial charge on any atom is -0.258 e. The summed E-state index contributed by atoms with van der Waals surface area (Å²) in [5, 5.41) is 10.6. The van der Waals surface area contributed by atoms with E-state index < -0.39 is 10.8 Å². The van der Waals surface area contributed by atoms with Crippen LogP contribution in [0.3, 0.4) is 0 Å². The number of benzene rings is 1. The standard InChI is InChI=1S/C14H16BrF2NO2/c15-13(11-5-7-14(16,17)8-6-11)9-10-1-3-12(4-2-10)18(19)20/h1-4,11,13H,5-9H2. The van der Waals surface area contributed by atoms with Crippen molar-refractivity contribution < 1.29 is 13.7 Å². The van der Waals surface area contributed by atoms with Gasteiger partial charge in [0, 0.05) is 29.8 Å². The third-order valence-electron chi connectivity index (χ3n) is 3.85. The molecule has 110 valence electrons. The fraction of sp³-hybridized carbons (Fsp3) is 0.571. The second-order valence-electron chi connectivity index (χ2n) is 5.34. The number of nitrogens with zero attached hydrogens (tertiary/aromatic N) is 1. The largest absolute Gasteiger partial charge is 0.269 e. The van der Waals surface area contributed by atoms with Crippen molar-refractivity contribution in [3.05, 3.63) is 39.9 Å². The van der Waals surface area contributed by atoms with Crippen LogP contribution >= 0.6 is 15.9 Å². The van der Waals surface area contributed by atoms with E-state index in [4.69, 9.17) is 0 Å². The number of alkyl halides is 3. The van der Waals surface area contributed by atoms with Gasteiger partial charge in [-0.15, -0.1) is 0 Å². The molecule has 1 aliphatic carbocycles. The molecule has 3 nitrogen and oxygen atoms in total. The molecular weight excluding hydrogens is 332 g/mol. The molecule has 0 aromatic heterocycles. The Bertz CT molecular complexity index is 469. The maximum Gasteiger partial charge on any atom is 0.269 e. The lowest BCUT2D eigenvalue weighted by Crippen LogP contribution is -2.29. The van der Waals surface area contributed by atoms with E-state index in [1.54, 1.807) is 12.1 Å². The summed E-state index contributed by atoms with van der Waals surface area (Å²) in [5.74, 6) is -2.26. The molecule has 0 spiro atoms. The number of nitro benzene ring substituents is 1. The van der Waals surface area contributed by atoms with Crippen molar-refractivity contribution in [3.8, 4) is 0 Å². The predicted molar refractivity (Wildman–Crippen MR) is 76.4 cm³/mol. The molecule has 0 aliphatic heterocycles. The molecule has 1 atom stereocenters. The Balaban J connectivity index is 1.91. The first-order chi connectivity index (χ1) is 9.37. The number of non-ortho nitro benzene ring substituents is 1. The van der Waals surface area contributed by atoms with Crippen molar-refractivity contribution in [2.45, 2.75) is 42.9 Å². The average Bonchev–Trinajstić information content (AvgIpc) is 2.39. The minimum absolute atomic E-state index is 0.0416. The van der Waals surface area contributed by atoms with Gasteiger partial charge in [0.1, 0.15) is 0 Å². The molecule has 0 saturated heterocycles. The zero-order chi connectivity index (χ0) is 14.8. The SMILES string of the molecule is O=[N+]([O-])c1ccc(CC(Br)C2CCC(F)(F)CC2)cc1. The monoisotopic (exact) mass is 347 g/mol. The molecule has 1 aliphatic rings. The Hall–Kier alpha value is -1.04. The lowest BCUT2D eigenvalue weighted by molar-refractivity contribution is -0.384. The number of rotatable bonds is 4. The van der Waals surface area contributed by atoms with Crippen LogP contribution in [0.25, 0.3) is 0 Å². The second-order valence-corrected chi connectivity index (χ2v) is 6.51. The first-order valence-corrected chi connectivity index (χ1v) is 7.54. The van der Waals surface area contributed by atoms with Crippen LogP contribution in [0.15, 0.2) is 24.3 Å². The first kappa shape index (κ1) is 15.4. The zero-order valence-corrected chi connectivity index (χ0v) is 12.5. The van der Waals surface area contributed by atoms with Gasteiger partial charge in [-0.2, -0.15) is 0 Å². The number of nitro groups is 1. The van der Waals surface area contributed by atoms with Gasteiger partial charge < -0.3 is 0 Å². The summed E-state index contributed by atoms with van der Waals surface area (Å²) in [6, 6.07) is 6.40. The van der Waals surface area contributed by atoms with E-state index in [9.17, 15) is 18.9 Å². The third kappa shape index (κ3) is 3.98. The molecule has 1 unspecified atom stereocenters. The summed E-state index contributed by atoms with van der Waals surface area (Å²) in [4.78, 5) is 10.3. The van der Waals surface area contributed by atoms with E-state index in [-0.39, 0.29) is 29.3 Å². The molecule has 1 aromatic rings. The normalized spacial score (nSPS) is 20.6. The van der Waals surface area contributed by atoms with Crippen LogP contribution in [0.5, 0.6) is 0 Å². The number of hydrogen-bond donors (Lipinski definition) is 0. The molecule has 0 bridgehead atoms. The Labute approximate surface area is 124 Å². The van der Waals surface area contributed by atoms with Crippen LogP contribution in [0.2, 0.25) is 0 Å². The van der Waals surface area contributed by atoms with E-state index in [0.29, 0.717) is 19.3 Å². The van der Waals surface area contributed by atoms with Crippen LogP contribution in [-0.2, 0) is 6.42 Å². The molecule has 1 fully saturated rings. The number of halogens is 3. The third-order valence-corrected chi connectivity index (χ3v) is 4.92. The zero-order valence-electron chi connectivity index (χ0n) is 10.9. The van der Waals surface area contributed by atoms with E-state index in [0.717, 1.165) is 5.56 Å². The van der Waals surface area contributed by atoms with E-state index in [1.165, 1.54) is 12.1 Å². The van der Waals surface area contributed by atoms with Gasteiger partial charge in [-0.05, 0) is 30.7 Å². The summed E-state index contributed by atoms with van der Waals surface area (Å²) in [6.45, 7) is 0. The summed E-state index contributed by atoms with van der Waals surface area (Å²) in [5.41, 5.74) is 1.05. The molecule has 6 heteroatoms. The maximum absolute atomic E-state index is 13.1. The molecule has 0 N–H and O–H groups in total. The molecule has 0 radical (unpaired) electrons. The molecule has 1 aromatic carbocycles. The first-order valence-electron chi connectivity index (χ1n) is 6.63. The molecular formula is C14H16BrF2NO2. The van der Waals surface area contributed by atoms with Gasteiger partial charge in [0.15, 0.2) is 0 Å². The fourth-order valence-electron chi connectivity index (χ4n) is 2.57. The van der Waals surface area contributed by atoms with Crippen molar-refractivity contribution >= 4 is 21.6 Å². The highest BCUT2D eigenvalue weighted by molar-refractivity contribution is 9.09. The van der Waals surface area contributed by atoms with Crippen LogP contribution in [0.4, 0.5) is 14.5 Å². The Morgan fingerprint density at radius 3 is 2.35 bits per heavy atom. The summed E-state index contributed by atoms with van der Waals surface area (Å²) >= 11 is 3.58. The quantitative estimate of drug-likeness (QED) is 0.449. The molecule has 20 heavy (non-hydrogen) atoms. The predicted octanol–water partition coefficient (Wildman–Crippen LogP) is 4.73. The fourth-order valence-corrected chi connectivity index (χ4v) is 3.47. The van der Waals surface area contributed by atoms with Gasteiger partial charge in [-0.25, -0.2) is 8.78 Å². The van der Waals surface area contributed by atoms with Gasteiger partial charge in [0.25, 0.3) is 5.69 Å². The maximum atomic E-state index is 13.1. The summed E-state index contributed by atoms with van der Waals surface area (Å²) < 4.78 is 26.2. The van der Waals surface area contributed by atoms with Crippen molar-refractivity contribution in [2.24, 2.45) is 5.92 Å². The Kier molecular flexibility index (Phi) is 4.73. The molecule has 0 heterocycles. The smallest absolute Gasteiger partial charge is 0.258 e. The molecule has 1 saturated carbocycles. The van der Waals surface area contributed by atoms with Crippen LogP contribution < -0.4 is 0 Å². The highest BCUT2D eigenvalue weighted by Crippen LogP contribution is 2.39. The Morgan fingerprint density at radius 2 is 1.85 bits per heavy atom. The van der Waals surface area contributed by atoms with Crippen LogP contribution in [0.1, 0.15) is 31.2 Å². The minimum atomic E-state index is -2.50. The van der Waals surface area contributed by atoms with Gasteiger partial charge in [-0.1, -0.05) is 28.1 Å². The highest BCUT2D eigenvalue weighted by atomic mass is 79.9. The van der Waals surface area contributed by atoms with Crippen molar-refractivity contribution in [3.63, 3.8) is 0 Å². The molecule has 0 amide bonds. The van der Waals surface area contributed by atoms with Gasteiger partial charge in [-0.3, -0.25) is 10.1 Å². The summed E-state index contributed by atoms with van der Waals surface area (Å²) in [6.07, 6.45) is 1.67. The summed E-state index contributed by atoms with van der Waals surface area (Å²) in [7, 11) is 0. The topological polar surface area (TPSA) is 43.1 Å². The lowest BCUT2D eigenvalue weighted by atomic mass is 9.83.